The van der Waals surface area contributed by atoms with Crippen molar-refractivity contribution in [2.24, 2.45) is 0 Å². The molecule has 6 heteroatoms. The van der Waals surface area contributed by atoms with Gasteiger partial charge in [-0.1, -0.05) is 12.1 Å². The van der Waals surface area contributed by atoms with Gasteiger partial charge in [0.1, 0.15) is 24.9 Å². The summed E-state index contributed by atoms with van der Waals surface area (Å²) in [5.41, 5.74) is 2.80. The molecule has 1 fully saturated rings. The molecular formula is C21H27FN3O2+. The lowest BCUT2D eigenvalue weighted by atomic mass is 10.0. The van der Waals surface area contributed by atoms with Crippen LogP contribution in [-0.2, 0) is 4.74 Å². The highest BCUT2D eigenvalue weighted by Crippen LogP contribution is 2.16. The molecule has 0 bridgehead atoms. The van der Waals surface area contributed by atoms with Gasteiger partial charge in [-0.05, 0) is 36.4 Å². The summed E-state index contributed by atoms with van der Waals surface area (Å²) in [4.78, 5) is 15.9. The smallest absolute Gasteiger partial charge is 0.251 e. The molecule has 1 atom stereocenters. The predicted molar refractivity (Wildman–Crippen MR) is 104 cm³/mol. The number of rotatable bonds is 6. The number of hydrogen-bond donors (Lipinski definition) is 2. The highest BCUT2D eigenvalue weighted by atomic mass is 19.1. The van der Waals surface area contributed by atoms with E-state index in [0.29, 0.717) is 12.1 Å². The number of quaternary nitrogens is 1. The number of morpholine rings is 1. The van der Waals surface area contributed by atoms with Crippen molar-refractivity contribution in [3.05, 3.63) is 65.5 Å². The minimum atomic E-state index is -0.344. The summed E-state index contributed by atoms with van der Waals surface area (Å²) in [6.07, 6.45) is 0. The van der Waals surface area contributed by atoms with E-state index in [1.807, 2.05) is 14.1 Å². The summed E-state index contributed by atoms with van der Waals surface area (Å²) in [7, 11) is 4.03. The Morgan fingerprint density at radius 2 is 1.74 bits per heavy atom. The van der Waals surface area contributed by atoms with Crippen LogP contribution in [-0.4, -0.2) is 52.9 Å². The van der Waals surface area contributed by atoms with Crippen molar-refractivity contribution in [2.75, 3.05) is 51.8 Å². The normalized spacial score (nSPS) is 16.0. The van der Waals surface area contributed by atoms with Crippen LogP contribution in [0.25, 0.3) is 0 Å². The summed E-state index contributed by atoms with van der Waals surface area (Å²) < 4.78 is 18.6. The van der Waals surface area contributed by atoms with Crippen LogP contribution in [0.5, 0.6) is 0 Å². The van der Waals surface area contributed by atoms with Gasteiger partial charge in [0, 0.05) is 30.9 Å². The average molecular weight is 372 g/mol. The maximum Gasteiger partial charge on any atom is 0.251 e. The largest absolute Gasteiger partial charge is 0.378 e. The third-order valence-corrected chi connectivity index (χ3v) is 5.01. The lowest BCUT2D eigenvalue weighted by Gasteiger charge is -2.32. The lowest BCUT2D eigenvalue weighted by molar-refractivity contribution is -0.937. The molecule has 2 aromatic rings. The third-order valence-electron chi connectivity index (χ3n) is 5.01. The van der Waals surface area contributed by atoms with Crippen LogP contribution in [0.2, 0.25) is 0 Å². The Hall–Kier alpha value is -2.44. The number of nitrogens with one attached hydrogen (secondary N) is 2. The van der Waals surface area contributed by atoms with Gasteiger partial charge in [0.05, 0.1) is 19.8 Å². The van der Waals surface area contributed by atoms with Crippen LogP contribution in [0.1, 0.15) is 22.0 Å². The average Bonchev–Trinajstić information content (AvgIpc) is 2.69. The van der Waals surface area contributed by atoms with Crippen molar-refractivity contribution in [3.63, 3.8) is 0 Å². The SMILES string of the molecule is CN(C)c1ccc([C@H](CNC(=O)c2ccc(F)cc2)[NH+]2CCOCC2)cc1. The molecule has 0 unspecified atom stereocenters. The van der Waals surface area contributed by atoms with Crippen LogP contribution in [0.3, 0.4) is 0 Å². The highest BCUT2D eigenvalue weighted by Gasteiger charge is 2.27. The van der Waals surface area contributed by atoms with Crippen molar-refractivity contribution in [1.82, 2.24) is 5.32 Å². The van der Waals surface area contributed by atoms with Gasteiger partial charge < -0.3 is 19.9 Å². The zero-order valence-electron chi connectivity index (χ0n) is 15.9. The molecule has 27 heavy (non-hydrogen) atoms. The summed E-state index contributed by atoms with van der Waals surface area (Å²) in [5.74, 6) is -0.527. The molecule has 2 aromatic carbocycles. The van der Waals surface area contributed by atoms with E-state index in [-0.39, 0.29) is 17.8 Å². The minimum Gasteiger partial charge on any atom is -0.378 e. The van der Waals surface area contributed by atoms with Gasteiger partial charge in [0.25, 0.3) is 5.91 Å². The Labute approximate surface area is 159 Å². The highest BCUT2D eigenvalue weighted by molar-refractivity contribution is 5.94. The Morgan fingerprint density at radius 1 is 1.11 bits per heavy atom. The standard InChI is InChI=1S/C21H26FN3O2/c1-24(2)19-9-5-16(6-10-19)20(25-11-13-27-14-12-25)15-23-21(26)17-3-7-18(22)8-4-17/h3-10,20H,11-15H2,1-2H3,(H,23,26)/p+1/t20-/m0/s1. The van der Waals surface area contributed by atoms with Crippen molar-refractivity contribution in [2.45, 2.75) is 6.04 Å². The number of hydrogen-bond acceptors (Lipinski definition) is 3. The van der Waals surface area contributed by atoms with Crippen molar-refractivity contribution >= 4 is 11.6 Å². The Kier molecular flexibility index (Phi) is 6.42. The monoisotopic (exact) mass is 372 g/mol. The Balaban J connectivity index is 1.73. The number of carbonyl (C=O) groups is 1. The first kappa shape index (κ1) is 19.3. The topological polar surface area (TPSA) is 46.0 Å². The Morgan fingerprint density at radius 3 is 2.33 bits per heavy atom. The summed E-state index contributed by atoms with van der Waals surface area (Å²) in [6, 6.07) is 14.2. The Bertz CT molecular complexity index is 741. The van der Waals surface area contributed by atoms with E-state index in [2.05, 4.69) is 34.5 Å². The molecule has 144 valence electrons. The first-order valence-electron chi connectivity index (χ1n) is 9.28. The van der Waals surface area contributed by atoms with Gasteiger partial charge >= 0.3 is 0 Å². The first-order chi connectivity index (χ1) is 13.0. The number of anilines is 1. The fourth-order valence-electron chi connectivity index (χ4n) is 3.38. The zero-order valence-corrected chi connectivity index (χ0v) is 15.9. The second-order valence-corrected chi connectivity index (χ2v) is 7.03. The van der Waals surface area contributed by atoms with Crippen LogP contribution in [0.4, 0.5) is 10.1 Å². The number of nitrogens with zero attached hydrogens (tertiary/aromatic N) is 1. The predicted octanol–water partition coefficient (Wildman–Crippen LogP) is 1.28. The van der Waals surface area contributed by atoms with Gasteiger partial charge in [0.15, 0.2) is 0 Å². The number of benzene rings is 2. The number of amides is 1. The quantitative estimate of drug-likeness (QED) is 0.803. The number of ether oxygens (including phenoxy) is 1. The van der Waals surface area contributed by atoms with Gasteiger partial charge in [-0.25, -0.2) is 4.39 Å². The summed E-state index contributed by atoms with van der Waals surface area (Å²) in [6.45, 7) is 3.80. The van der Waals surface area contributed by atoms with Crippen molar-refractivity contribution in [3.8, 4) is 0 Å². The molecule has 0 aromatic heterocycles. The molecule has 1 saturated heterocycles. The van der Waals surface area contributed by atoms with Crippen LogP contribution in [0.15, 0.2) is 48.5 Å². The van der Waals surface area contributed by atoms with Crippen molar-refractivity contribution < 1.29 is 18.8 Å². The van der Waals surface area contributed by atoms with Gasteiger partial charge in [0.2, 0.25) is 0 Å². The molecule has 3 rings (SSSR count). The molecule has 0 radical (unpaired) electrons. The molecule has 1 amide bonds. The minimum absolute atomic E-state index is 0.148. The van der Waals surface area contributed by atoms with Crippen LogP contribution in [0, 0.1) is 5.82 Å². The third kappa shape index (κ3) is 5.05. The molecule has 2 N–H and O–H groups in total. The lowest BCUT2D eigenvalue weighted by Crippen LogP contribution is -3.15. The van der Waals surface area contributed by atoms with E-state index in [1.165, 1.54) is 34.7 Å². The number of halogens is 1. The van der Waals surface area contributed by atoms with Crippen molar-refractivity contribution in [1.29, 1.82) is 0 Å². The molecule has 1 aliphatic heterocycles. The van der Waals surface area contributed by atoms with Gasteiger partial charge in [-0.15, -0.1) is 0 Å². The molecule has 5 nitrogen and oxygen atoms in total. The molecule has 0 spiro atoms. The van der Waals surface area contributed by atoms with E-state index >= 15 is 0 Å². The summed E-state index contributed by atoms with van der Waals surface area (Å²) in [5, 5.41) is 3.02. The van der Waals surface area contributed by atoms with Gasteiger partial charge in [-0.2, -0.15) is 0 Å². The maximum absolute atomic E-state index is 13.1. The fourth-order valence-corrected chi connectivity index (χ4v) is 3.38. The second kappa shape index (κ2) is 8.97. The molecule has 1 heterocycles. The first-order valence-corrected chi connectivity index (χ1v) is 9.28. The van der Waals surface area contributed by atoms with E-state index in [0.717, 1.165) is 32.0 Å². The number of carbonyl (C=O) groups excluding carboxylic acids is 1. The zero-order chi connectivity index (χ0) is 19.2. The molecule has 0 aliphatic carbocycles. The van der Waals surface area contributed by atoms with E-state index in [1.54, 1.807) is 0 Å². The van der Waals surface area contributed by atoms with Crippen LogP contribution >= 0.6 is 0 Å². The fraction of sp³-hybridized carbons (Fsp3) is 0.381. The molecule has 0 saturated carbocycles. The van der Waals surface area contributed by atoms with E-state index in [9.17, 15) is 9.18 Å². The molecule has 1 aliphatic rings. The van der Waals surface area contributed by atoms with Crippen LogP contribution < -0.4 is 15.1 Å². The second-order valence-electron chi connectivity index (χ2n) is 7.03. The van der Waals surface area contributed by atoms with E-state index < -0.39 is 0 Å². The van der Waals surface area contributed by atoms with E-state index in [4.69, 9.17) is 4.74 Å². The maximum atomic E-state index is 13.1. The summed E-state index contributed by atoms with van der Waals surface area (Å²) >= 11 is 0. The van der Waals surface area contributed by atoms with Gasteiger partial charge in [-0.3, -0.25) is 4.79 Å². The molecular weight excluding hydrogens is 345 g/mol.